The Kier molecular flexibility index (Phi) is 23.7. The number of ether oxygens (including phenoxy) is 3. The maximum atomic E-state index is 14.6. The zero-order valence-electron chi connectivity index (χ0n) is 40.9. The zero-order valence-corrected chi connectivity index (χ0v) is 40.9. The minimum atomic E-state index is -0.894. The van der Waals surface area contributed by atoms with Crippen molar-refractivity contribution in [2.45, 2.75) is 156 Å². The van der Waals surface area contributed by atoms with E-state index < -0.39 is 54.3 Å². The molecule has 1 aliphatic rings. The molecule has 2 rings (SSSR count). The highest BCUT2D eigenvalue weighted by Gasteiger charge is 2.43. The van der Waals surface area contributed by atoms with E-state index in [-0.39, 0.29) is 54.2 Å². The van der Waals surface area contributed by atoms with Gasteiger partial charge in [0.25, 0.3) is 0 Å². The van der Waals surface area contributed by atoms with Crippen molar-refractivity contribution < 1.29 is 38.2 Å². The number of carbonyl (C=O) groups is 5. The van der Waals surface area contributed by atoms with Gasteiger partial charge in [-0.25, -0.2) is 4.79 Å². The normalized spacial score (nSPS) is 18.3. The third-order valence-corrected chi connectivity index (χ3v) is 13.1. The first-order valence-electron chi connectivity index (χ1n) is 23.0. The first-order chi connectivity index (χ1) is 29.2. The quantitative estimate of drug-likeness (QED) is 0.0912. The lowest BCUT2D eigenvalue weighted by molar-refractivity contribution is -0.149. The standard InChI is InChI=1S/C48H84N6O8/c1-16-34(8)43(53(12)47(58)41(31(2)3)50-46(57)42(32(4)5)52(11)27-21-20-26-51(10)33(6)7)39(60-13)30-40(55)54-28-22-25-38(54)44(61-14)35(9)45(56)49-37(48(59)62-15)29-36-23-18-17-19-24-36/h17-19,23-24,31-35,37-39,41-44H,16,20-22,25-30H2,1-15H3,(H,49,56)(H,50,57)/t34-,35+,37-,38-,39+,41-,42-,43-,44+/m0/s1. The summed E-state index contributed by atoms with van der Waals surface area (Å²) in [5.74, 6) is -2.41. The van der Waals surface area contributed by atoms with Crippen molar-refractivity contribution in [2.75, 3.05) is 62.1 Å². The van der Waals surface area contributed by atoms with Crippen molar-refractivity contribution in [3.8, 4) is 0 Å². The summed E-state index contributed by atoms with van der Waals surface area (Å²) < 4.78 is 17.1. The molecule has 14 nitrogen and oxygen atoms in total. The van der Waals surface area contributed by atoms with Crippen LogP contribution in [0.4, 0.5) is 0 Å². The number of benzene rings is 1. The molecule has 14 heteroatoms. The first-order valence-corrected chi connectivity index (χ1v) is 23.0. The van der Waals surface area contributed by atoms with Gasteiger partial charge in [-0.1, -0.05) is 85.2 Å². The highest BCUT2D eigenvalue weighted by molar-refractivity contribution is 5.90. The number of nitrogens with zero attached hydrogens (tertiary/aromatic N) is 4. The smallest absolute Gasteiger partial charge is 0.328 e. The van der Waals surface area contributed by atoms with Gasteiger partial charge in [-0.05, 0) is 90.0 Å². The first kappa shape index (κ1) is 54.5. The van der Waals surface area contributed by atoms with E-state index in [2.05, 4.69) is 48.3 Å². The monoisotopic (exact) mass is 873 g/mol. The number of carbonyl (C=O) groups excluding carboxylic acids is 5. The van der Waals surface area contributed by atoms with Crippen LogP contribution in [0.3, 0.4) is 0 Å². The number of hydrogen-bond donors (Lipinski definition) is 2. The van der Waals surface area contributed by atoms with Crippen molar-refractivity contribution in [1.82, 2.24) is 30.2 Å². The van der Waals surface area contributed by atoms with Gasteiger partial charge in [0.1, 0.15) is 12.1 Å². The molecule has 0 radical (unpaired) electrons. The van der Waals surface area contributed by atoms with Crippen LogP contribution in [0.2, 0.25) is 0 Å². The van der Waals surface area contributed by atoms with Crippen molar-refractivity contribution in [2.24, 2.45) is 23.7 Å². The maximum Gasteiger partial charge on any atom is 0.328 e. The molecule has 1 aromatic carbocycles. The SMILES string of the molecule is CC[C@H](C)[C@@H]([C@@H](CC(=O)N1CCC[C@H]1[C@H](OC)[C@@H](C)C(=O)N[C@@H](Cc1ccccc1)C(=O)OC)OC)N(C)C(=O)[C@@H](NC(=O)[C@H](C(C)C)N(C)CCCCN(C)C(C)C)C(C)C. The van der Waals surface area contributed by atoms with Crippen molar-refractivity contribution in [1.29, 1.82) is 0 Å². The summed E-state index contributed by atoms with van der Waals surface area (Å²) in [6, 6.07) is 6.92. The number of rotatable bonds is 27. The number of unbranched alkanes of at least 4 members (excludes halogenated alkanes) is 1. The van der Waals surface area contributed by atoms with E-state index in [4.69, 9.17) is 14.2 Å². The predicted octanol–water partition coefficient (Wildman–Crippen LogP) is 5.02. The molecule has 1 heterocycles. The largest absolute Gasteiger partial charge is 0.467 e. The van der Waals surface area contributed by atoms with Crippen molar-refractivity contribution in [3.63, 3.8) is 0 Å². The molecular formula is C48H84N6O8. The molecule has 62 heavy (non-hydrogen) atoms. The highest BCUT2D eigenvalue weighted by Crippen LogP contribution is 2.30. The van der Waals surface area contributed by atoms with Gasteiger partial charge in [-0.15, -0.1) is 0 Å². The molecule has 0 spiro atoms. The number of likely N-dealkylation sites (tertiary alicyclic amines) is 1. The molecule has 1 aromatic rings. The summed E-state index contributed by atoms with van der Waals surface area (Å²) in [6.45, 7) is 20.4. The molecule has 0 aromatic heterocycles. The fourth-order valence-electron chi connectivity index (χ4n) is 8.90. The van der Waals surface area contributed by atoms with E-state index in [1.165, 1.54) is 14.2 Å². The van der Waals surface area contributed by atoms with Crippen LogP contribution >= 0.6 is 0 Å². The molecule has 1 fully saturated rings. The van der Waals surface area contributed by atoms with Gasteiger partial charge >= 0.3 is 5.97 Å². The Labute approximate surface area is 374 Å². The van der Waals surface area contributed by atoms with Gasteiger partial charge in [-0.2, -0.15) is 0 Å². The van der Waals surface area contributed by atoms with Crippen molar-refractivity contribution >= 4 is 29.6 Å². The number of amides is 4. The Morgan fingerprint density at radius 3 is 1.94 bits per heavy atom. The Morgan fingerprint density at radius 1 is 0.806 bits per heavy atom. The molecule has 1 aliphatic heterocycles. The van der Waals surface area contributed by atoms with Crippen LogP contribution in [-0.2, 0) is 44.6 Å². The van der Waals surface area contributed by atoms with Crippen LogP contribution in [0.1, 0.15) is 106 Å². The molecule has 354 valence electrons. The fraction of sp³-hybridized carbons (Fsp3) is 0.771. The minimum absolute atomic E-state index is 0.00398. The van der Waals surface area contributed by atoms with E-state index in [0.717, 1.165) is 44.3 Å². The Hall–Kier alpha value is -3.59. The average Bonchev–Trinajstić information content (AvgIpc) is 3.73. The fourth-order valence-corrected chi connectivity index (χ4v) is 8.90. The lowest BCUT2D eigenvalue weighted by atomic mass is 9.89. The summed E-state index contributed by atoms with van der Waals surface area (Å²) in [4.78, 5) is 77.3. The summed E-state index contributed by atoms with van der Waals surface area (Å²) in [5, 5.41) is 6.02. The highest BCUT2D eigenvalue weighted by atomic mass is 16.5. The molecule has 0 unspecified atom stereocenters. The van der Waals surface area contributed by atoms with Gasteiger partial charge in [0.05, 0.1) is 49.8 Å². The van der Waals surface area contributed by atoms with Gasteiger partial charge < -0.3 is 39.5 Å². The van der Waals surface area contributed by atoms with Crippen LogP contribution in [0.15, 0.2) is 30.3 Å². The Bertz CT molecular complexity index is 1530. The lowest BCUT2D eigenvalue weighted by Gasteiger charge is -2.41. The predicted molar refractivity (Wildman–Crippen MR) is 245 cm³/mol. The van der Waals surface area contributed by atoms with Crippen LogP contribution < -0.4 is 10.6 Å². The number of likely N-dealkylation sites (N-methyl/N-ethyl adjacent to an activating group) is 2. The van der Waals surface area contributed by atoms with E-state index >= 15 is 0 Å². The second kappa shape index (κ2) is 26.9. The number of esters is 1. The summed E-state index contributed by atoms with van der Waals surface area (Å²) in [6.07, 6.45) is 3.04. The molecule has 0 aliphatic carbocycles. The van der Waals surface area contributed by atoms with Gasteiger partial charge in [-0.3, -0.25) is 24.1 Å². The summed E-state index contributed by atoms with van der Waals surface area (Å²) >= 11 is 0. The Morgan fingerprint density at radius 2 is 1.42 bits per heavy atom. The van der Waals surface area contributed by atoms with E-state index in [9.17, 15) is 24.0 Å². The molecule has 0 bridgehead atoms. The molecule has 9 atom stereocenters. The molecule has 2 N–H and O–H groups in total. The molecule has 4 amide bonds. The Balaban J connectivity index is 2.25. The zero-order chi connectivity index (χ0) is 46.8. The lowest BCUT2D eigenvalue weighted by Crippen LogP contribution is -2.60. The van der Waals surface area contributed by atoms with Crippen LogP contribution in [-0.4, -0.2) is 160 Å². The third-order valence-electron chi connectivity index (χ3n) is 13.1. The second-order valence-corrected chi connectivity index (χ2v) is 18.5. The topological polar surface area (TPSA) is 150 Å². The van der Waals surface area contributed by atoms with Crippen LogP contribution in [0.25, 0.3) is 0 Å². The van der Waals surface area contributed by atoms with E-state index in [0.29, 0.717) is 19.0 Å². The number of hydrogen-bond acceptors (Lipinski definition) is 10. The van der Waals surface area contributed by atoms with Crippen molar-refractivity contribution in [3.05, 3.63) is 35.9 Å². The van der Waals surface area contributed by atoms with Gasteiger partial charge in [0, 0.05) is 40.3 Å². The maximum absolute atomic E-state index is 14.6. The average molecular weight is 873 g/mol. The van der Waals surface area contributed by atoms with Crippen LogP contribution in [0.5, 0.6) is 0 Å². The van der Waals surface area contributed by atoms with E-state index in [1.54, 1.807) is 30.9 Å². The summed E-state index contributed by atoms with van der Waals surface area (Å²) in [7, 11) is 10.3. The number of nitrogens with one attached hydrogen (secondary N) is 2. The molecule has 1 saturated heterocycles. The van der Waals surface area contributed by atoms with E-state index in [1.807, 2.05) is 72.0 Å². The molecule has 0 saturated carbocycles. The third kappa shape index (κ3) is 15.6. The van der Waals surface area contributed by atoms with Gasteiger partial charge in [0.2, 0.25) is 23.6 Å². The number of methoxy groups -OCH3 is 3. The van der Waals surface area contributed by atoms with Crippen LogP contribution in [0, 0.1) is 23.7 Å². The summed E-state index contributed by atoms with van der Waals surface area (Å²) in [5.41, 5.74) is 0.877. The van der Waals surface area contributed by atoms with Gasteiger partial charge in [0.15, 0.2) is 0 Å². The minimum Gasteiger partial charge on any atom is -0.467 e. The second-order valence-electron chi connectivity index (χ2n) is 18.5. The molecular weight excluding hydrogens is 789 g/mol.